The second-order valence-corrected chi connectivity index (χ2v) is 6.57. The Labute approximate surface area is 159 Å². The summed E-state index contributed by atoms with van der Waals surface area (Å²) in [5.74, 6) is -0.575. The van der Waals surface area contributed by atoms with Gasteiger partial charge in [-0.2, -0.15) is 0 Å². The number of carbonyl (C=O) groups is 2. The van der Waals surface area contributed by atoms with Crippen molar-refractivity contribution in [3.63, 3.8) is 0 Å². The summed E-state index contributed by atoms with van der Waals surface area (Å²) in [5.41, 5.74) is 2.79. The molecule has 2 N–H and O–H groups in total. The molecule has 0 aliphatic heterocycles. The van der Waals surface area contributed by atoms with Crippen molar-refractivity contribution in [2.24, 2.45) is 0 Å². The first kappa shape index (κ1) is 18.8. The minimum Gasteiger partial charge on any atom is -0.350 e. The van der Waals surface area contributed by atoms with E-state index in [2.05, 4.69) is 26.7 Å². The highest BCUT2D eigenvalue weighted by Crippen LogP contribution is 2.19. The van der Waals surface area contributed by atoms with Crippen molar-refractivity contribution in [2.75, 3.05) is 6.54 Å². The number of nitrogens with one attached hydrogen (secondary N) is 2. The summed E-state index contributed by atoms with van der Waals surface area (Å²) in [6.45, 7) is 0.948. The molecule has 0 atom stereocenters. The summed E-state index contributed by atoms with van der Waals surface area (Å²) in [6, 6.07) is 8.58. The number of hydrogen-bond donors (Lipinski definition) is 2. The molecule has 0 saturated carbocycles. The second-order valence-electron chi connectivity index (χ2n) is 6.57. The van der Waals surface area contributed by atoms with E-state index in [4.69, 9.17) is 0 Å². The van der Waals surface area contributed by atoms with Crippen molar-refractivity contribution < 1.29 is 9.59 Å². The Bertz CT molecular complexity index is 818. The van der Waals surface area contributed by atoms with Gasteiger partial charge in [-0.05, 0) is 55.9 Å². The summed E-state index contributed by atoms with van der Waals surface area (Å²) < 4.78 is 0. The van der Waals surface area contributed by atoms with Gasteiger partial charge in [0.15, 0.2) is 0 Å². The molecule has 2 aromatic rings. The van der Waals surface area contributed by atoms with E-state index in [1.807, 2.05) is 12.1 Å². The molecule has 0 spiro atoms. The molecular formula is C21H24N4O2. The van der Waals surface area contributed by atoms with Gasteiger partial charge >= 0.3 is 0 Å². The summed E-state index contributed by atoms with van der Waals surface area (Å²) >= 11 is 0. The molecule has 0 radical (unpaired) electrons. The Morgan fingerprint density at radius 3 is 2.52 bits per heavy atom. The third-order valence-corrected chi connectivity index (χ3v) is 4.51. The number of carbonyl (C=O) groups excluding carboxylic acids is 2. The Morgan fingerprint density at radius 2 is 1.81 bits per heavy atom. The molecule has 2 aromatic heterocycles. The molecule has 27 heavy (non-hydrogen) atoms. The lowest BCUT2D eigenvalue weighted by atomic mass is 9.97. The number of pyridine rings is 2. The first-order valence-electron chi connectivity index (χ1n) is 9.32. The fourth-order valence-corrected chi connectivity index (χ4v) is 3.02. The highest BCUT2D eigenvalue weighted by atomic mass is 16.2. The number of hydrogen-bond acceptors (Lipinski definition) is 4. The maximum absolute atomic E-state index is 12.3. The summed E-state index contributed by atoms with van der Waals surface area (Å²) in [5, 5.41) is 5.67. The molecule has 6 nitrogen and oxygen atoms in total. The van der Waals surface area contributed by atoms with Crippen LogP contribution in [0.4, 0.5) is 0 Å². The van der Waals surface area contributed by atoms with Gasteiger partial charge in [-0.25, -0.2) is 4.98 Å². The van der Waals surface area contributed by atoms with Crippen LogP contribution in [0.15, 0.2) is 54.4 Å². The highest BCUT2D eigenvalue weighted by Gasteiger charge is 2.12. The molecule has 0 bridgehead atoms. The SMILES string of the molecule is O=C(NCCC1=CCCCC1)c1cccc(C(=O)NCc2cccnc2)n1. The summed E-state index contributed by atoms with van der Waals surface area (Å²) in [6.07, 6.45) is 11.3. The average Bonchev–Trinajstić information content (AvgIpc) is 2.73. The van der Waals surface area contributed by atoms with E-state index in [0.717, 1.165) is 24.8 Å². The minimum absolute atomic E-state index is 0.224. The van der Waals surface area contributed by atoms with E-state index in [1.165, 1.54) is 18.4 Å². The smallest absolute Gasteiger partial charge is 0.270 e. The molecular weight excluding hydrogens is 340 g/mol. The molecule has 2 amide bonds. The van der Waals surface area contributed by atoms with Crippen molar-refractivity contribution in [2.45, 2.75) is 38.6 Å². The van der Waals surface area contributed by atoms with Crippen LogP contribution in [0, 0.1) is 0 Å². The molecule has 140 valence electrons. The number of amides is 2. The number of allylic oxidation sites excluding steroid dienone is 1. The normalized spacial score (nSPS) is 13.6. The molecule has 0 unspecified atom stereocenters. The van der Waals surface area contributed by atoms with Crippen LogP contribution < -0.4 is 10.6 Å². The van der Waals surface area contributed by atoms with Crippen LogP contribution in [0.5, 0.6) is 0 Å². The zero-order valence-electron chi connectivity index (χ0n) is 15.3. The number of nitrogens with zero attached hydrogens (tertiary/aromatic N) is 2. The molecule has 0 saturated heterocycles. The van der Waals surface area contributed by atoms with Crippen LogP contribution >= 0.6 is 0 Å². The van der Waals surface area contributed by atoms with Crippen molar-refractivity contribution in [3.8, 4) is 0 Å². The van der Waals surface area contributed by atoms with Crippen molar-refractivity contribution in [1.82, 2.24) is 20.6 Å². The molecule has 6 heteroatoms. The number of aromatic nitrogens is 2. The van der Waals surface area contributed by atoms with Gasteiger partial charge in [-0.1, -0.05) is 23.8 Å². The topological polar surface area (TPSA) is 84.0 Å². The van der Waals surface area contributed by atoms with E-state index in [0.29, 0.717) is 13.1 Å². The van der Waals surface area contributed by atoms with Gasteiger partial charge in [0.05, 0.1) is 0 Å². The average molecular weight is 364 g/mol. The van der Waals surface area contributed by atoms with Crippen LogP contribution in [-0.4, -0.2) is 28.3 Å². The fourth-order valence-electron chi connectivity index (χ4n) is 3.02. The fraction of sp³-hybridized carbons (Fsp3) is 0.333. The van der Waals surface area contributed by atoms with Crippen LogP contribution in [0.3, 0.4) is 0 Å². The van der Waals surface area contributed by atoms with Crippen molar-refractivity contribution >= 4 is 11.8 Å². The van der Waals surface area contributed by atoms with Crippen LogP contribution in [0.1, 0.15) is 58.6 Å². The molecule has 3 rings (SSSR count). The Balaban J connectivity index is 1.51. The van der Waals surface area contributed by atoms with Gasteiger partial charge in [0, 0.05) is 25.5 Å². The lowest BCUT2D eigenvalue weighted by Gasteiger charge is -2.13. The zero-order chi connectivity index (χ0) is 18.9. The maximum atomic E-state index is 12.3. The quantitative estimate of drug-likeness (QED) is 0.740. The van der Waals surface area contributed by atoms with E-state index in [-0.39, 0.29) is 23.2 Å². The van der Waals surface area contributed by atoms with Gasteiger partial charge in [0.2, 0.25) is 0 Å². The van der Waals surface area contributed by atoms with Gasteiger partial charge in [-0.15, -0.1) is 0 Å². The first-order valence-corrected chi connectivity index (χ1v) is 9.32. The predicted octanol–water partition coefficient (Wildman–Crippen LogP) is 3.03. The standard InChI is InChI=1S/C21H24N4O2/c26-20(23-13-11-16-6-2-1-3-7-16)18-9-4-10-19(25-18)21(27)24-15-17-8-5-12-22-14-17/h4-6,8-10,12,14H,1-3,7,11,13,15H2,(H,23,26)(H,24,27). The zero-order valence-corrected chi connectivity index (χ0v) is 15.3. The molecule has 0 fully saturated rings. The molecule has 0 aromatic carbocycles. The van der Waals surface area contributed by atoms with E-state index in [9.17, 15) is 9.59 Å². The summed E-state index contributed by atoms with van der Waals surface area (Å²) in [7, 11) is 0. The predicted molar refractivity (Wildman–Crippen MR) is 103 cm³/mol. The van der Waals surface area contributed by atoms with Gasteiger partial charge in [-0.3, -0.25) is 14.6 Å². The third kappa shape index (κ3) is 5.74. The lowest BCUT2D eigenvalue weighted by molar-refractivity contribution is 0.0943. The Hall–Kier alpha value is -3.02. The van der Waals surface area contributed by atoms with Crippen molar-refractivity contribution in [1.29, 1.82) is 0 Å². The van der Waals surface area contributed by atoms with Gasteiger partial charge < -0.3 is 10.6 Å². The molecule has 2 heterocycles. The van der Waals surface area contributed by atoms with Crippen LogP contribution in [-0.2, 0) is 6.54 Å². The maximum Gasteiger partial charge on any atom is 0.270 e. The van der Waals surface area contributed by atoms with Crippen molar-refractivity contribution in [3.05, 3.63) is 71.3 Å². The van der Waals surface area contributed by atoms with Gasteiger partial charge in [0.1, 0.15) is 11.4 Å². The third-order valence-electron chi connectivity index (χ3n) is 4.51. The summed E-state index contributed by atoms with van der Waals surface area (Å²) in [4.78, 5) is 32.8. The van der Waals surface area contributed by atoms with Crippen LogP contribution in [0.2, 0.25) is 0 Å². The molecule has 1 aliphatic carbocycles. The monoisotopic (exact) mass is 364 g/mol. The van der Waals surface area contributed by atoms with E-state index >= 15 is 0 Å². The number of rotatable bonds is 7. The Morgan fingerprint density at radius 1 is 1.00 bits per heavy atom. The van der Waals surface area contributed by atoms with E-state index < -0.39 is 0 Å². The largest absolute Gasteiger partial charge is 0.350 e. The van der Waals surface area contributed by atoms with Crippen LogP contribution in [0.25, 0.3) is 0 Å². The van der Waals surface area contributed by atoms with E-state index in [1.54, 1.807) is 30.6 Å². The molecule has 1 aliphatic rings. The lowest BCUT2D eigenvalue weighted by Crippen LogP contribution is -2.28. The minimum atomic E-state index is -0.319. The van der Waals surface area contributed by atoms with Gasteiger partial charge in [0.25, 0.3) is 11.8 Å². The Kier molecular flexibility index (Phi) is 6.68. The first-order chi connectivity index (χ1) is 13.2. The highest BCUT2D eigenvalue weighted by molar-refractivity contribution is 5.96. The second kappa shape index (κ2) is 9.62.